The molecule has 0 saturated carbocycles. The molecule has 0 aromatic heterocycles. The molecule has 0 aromatic rings. The van der Waals surface area contributed by atoms with Gasteiger partial charge in [0.05, 0.1) is 0 Å². The Morgan fingerprint density at radius 2 is 1.94 bits per heavy atom. The Morgan fingerprint density at radius 1 is 1.29 bits per heavy atom. The van der Waals surface area contributed by atoms with Crippen molar-refractivity contribution in [1.82, 2.24) is 10.2 Å². The van der Waals surface area contributed by atoms with Crippen LogP contribution in [0.15, 0.2) is 0 Å². The number of thioether (sulfide) groups is 1. The molecule has 17 heavy (non-hydrogen) atoms. The minimum atomic E-state index is 0.775. The van der Waals surface area contributed by atoms with Gasteiger partial charge in [0, 0.05) is 24.7 Å². The number of hydrogen-bond acceptors (Lipinski definition) is 3. The topological polar surface area (TPSA) is 15.3 Å². The SMILES string of the molecule is CNC1CC2CCCC(C1)N2CC(C)CSC. The zero-order valence-electron chi connectivity index (χ0n) is 11.6. The molecule has 0 amide bonds. The summed E-state index contributed by atoms with van der Waals surface area (Å²) in [5.41, 5.74) is 0. The Hall–Kier alpha value is 0.270. The molecule has 2 nitrogen and oxygen atoms in total. The summed E-state index contributed by atoms with van der Waals surface area (Å²) in [5.74, 6) is 2.16. The molecule has 2 fully saturated rings. The van der Waals surface area contributed by atoms with E-state index in [-0.39, 0.29) is 0 Å². The average molecular weight is 256 g/mol. The van der Waals surface area contributed by atoms with Crippen LogP contribution in [-0.4, -0.2) is 48.6 Å². The fourth-order valence-corrected chi connectivity index (χ4v) is 4.38. The number of rotatable bonds is 5. The first-order valence-corrected chi connectivity index (χ1v) is 8.56. The van der Waals surface area contributed by atoms with E-state index < -0.39 is 0 Å². The van der Waals surface area contributed by atoms with Crippen LogP contribution in [0.2, 0.25) is 0 Å². The first-order valence-electron chi connectivity index (χ1n) is 7.16. The van der Waals surface area contributed by atoms with Crippen molar-refractivity contribution >= 4 is 11.8 Å². The second-order valence-corrected chi connectivity index (χ2v) is 6.86. The average Bonchev–Trinajstić information content (AvgIpc) is 2.28. The normalized spacial score (nSPS) is 35.8. The first-order chi connectivity index (χ1) is 8.24. The van der Waals surface area contributed by atoms with E-state index in [1.54, 1.807) is 0 Å². The predicted octanol–water partition coefficient (Wildman–Crippen LogP) is 2.59. The van der Waals surface area contributed by atoms with E-state index in [0.717, 1.165) is 24.0 Å². The van der Waals surface area contributed by atoms with Crippen molar-refractivity contribution < 1.29 is 0 Å². The number of fused-ring (bicyclic) bond motifs is 2. The third kappa shape index (κ3) is 3.39. The summed E-state index contributed by atoms with van der Waals surface area (Å²) < 4.78 is 0. The summed E-state index contributed by atoms with van der Waals surface area (Å²) in [4.78, 5) is 2.85. The maximum atomic E-state index is 3.50. The van der Waals surface area contributed by atoms with Crippen molar-refractivity contribution in [3.05, 3.63) is 0 Å². The highest BCUT2D eigenvalue weighted by Crippen LogP contribution is 2.34. The fourth-order valence-electron chi connectivity index (χ4n) is 3.71. The van der Waals surface area contributed by atoms with E-state index in [2.05, 4.69) is 30.4 Å². The van der Waals surface area contributed by atoms with Crippen molar-refractivity contribution in [2.45, 2.75) is 57.2 Å². The second-order valence-electron chi connectivity index (χ2n) is 5.95. The molecule has 2 bridgehead atoms. The van der Waals surface area contributed by atoms with Gasteiger partial charge in [-0.15, -0.1) is 0 Å². The van der Waals surface area contributed by atoms with Crippen LogP contribution in [0.5, 0.6) is 0 Å². The maximum Gasteiger partial charge on any atom is 0.0113 e. The van der Waals surface area contributed by atoms with Crippen molar-refractivity contribution in [2.24, 2.45) is 5.92 Å². The number of piperidine rings is 2. The van der Waals surface area contributed by atoms with Crippen LogP contribution in [-0.2, 0) is 0 Å². The molecule has 3 atom stereocenters. The molecule has 2 aliphatic rings. The lowest BCUT2D eigenvalue weighted by Crippen LogP contribution is -2.56. The monoisotopic (exact) mass is 256 g/mol. The molecular formula is C14H28N2S. The Bertz CT molecular complexity index is 220. The summed E-state index contributed by atoms with van der Waals surface area (Å²) in [5, 5.41) is 3.50. The Kier molecular flexibility index (Phi) is 5.19. The summed E-state index contributed by atoms with van der Waals surface area (Å²) >= 11 is 1.99. The van der Waals surface area contributed by atoms with Gasteiger partial charge in [-0.25, -0.2) is 0 Å². The number of nitrogens with one attached hydrogen (secondary N) is 1. The zero-order valence-corrected chi connectivity index (χ0v) is 12.4. The van der Waals surface area contributed by atoms with Crippen molar-refractivity contribution in [2.75, 3.05) is 25.6 Å². The van der Waals surface area contributed by atoms with Gasteiger partial charge in [0.15, 0.2) is 0 Å². The quantitative estimate of drug-likeness (QED) is 0.814. The van der Waals surface area contributed by atoms with Gasteiger partial charge in [0.2, 0.25) is 0 Å². The molecule has 100 valence electrons. The molecule has 0 aliphatic carbocycles. The van der Waals surface area contributed by atoms with Gasteiger partial charge in [-0.3, -0.25) is 4.90 Å². The molecule has 0 radical (unpaired) electrons. The number of hydrogen-bond donors (Lipinski definition) is 1. The minimum absolute atomic E-state index is 0.775. The maximum absolute atomic E-state index is 3.50. The summed E-state index contributed by atoms with van der Waals surface area (Å²) in [6.45, 7) is 3.74. The molecule has 2 aliphatic heterocycles. The molecule has 0 aromatic carbocycles. The van der Waals surface area contributed by atoms with E-state index in [4.69, 9.17) is 0 Å². The van der Waals surface area contributed by atoms with Gasteiger partial charge in [0.25, 0.3) is 0 Å². The Labute approximate surface area is 111 Å². The minimum Gasteiger partial charge on any atom is -0.317 e. The van der Waals surface area contributed by atoms with Gasteiger partial charge < -0.3 is 5.32 Å². The highest BCUT2D eigenvalue weighted by Gasteiger charge is 2.37. The fraction of sp³-hybridized carbons (Fsp3) is 1.00. The zero-order chi connectivity index (χ0) is 12.3. The molecule has 3 unspecified atom stereocenters. The van der Waals surface area contributed by atoms with Crippen LogP contribution in [0.25, 0.3) is 0 Å². The van der Waals surface area contributed by atoms with Gasteiger partial charge in [0.1, 0.15) is 0 Å². The molecule has 2 saturated heterocycles. The molecule has 2 heterocycles. The van der Waals surface area contributed by atoms with Crippen molar-refractivity contribution in [1.29, 1.82) is 0 Å². The predicted molar refractivity (Wildman–Crippen MR) is 77.8 cm³/mol. The lowest BCUT2D eigenvalue weighted by atomic mass is 9.81. The van der Waals surface area contributed by atoms with E-state index in [0.29, 0.717) is 0 Å². The van der Waals surface area contributed by atoms with Crippen LogP contribution < -0.4 is 5.32 Å². The lowest BCUT2D eigenvalue weighted by Gasteiger charge is -2.49. The summed E-state index contributed by atoms with van der Waals surface area (Å²) in [7, 11) is 2.13. The van der Waals surface area contributed by atoms with E-state index in [9.17, 15) is 0 Å². The summed E-state index contributed by atoms with van der Waals surface area (Å²) in [6.07, 6.45) is 9.29. The van der Waals surface area contributed by atoms with Crippen LogP contribution in [0.4, 0.5) is 0 Å². The van der Waals surface area contributed by atoms with Gasteiger partial charge in [-0.1, -0.05) is 13.3 Å². The van der Waals surface area contributed by atoms with Gasteiger partial charge in [-0.2, -0.15) is 11.8 Å². The molecular weight excluding hydrogens is 228 g/mol. The van der Waals surface area contributed by atoms with Crippen LogP contribution in [0, 0.1) is 5.92 Å². The van der Waals surface area contributed by atoms with Gasteiger partial charge >= 0.3 is 0 Å². The highest BCUT2D eigenvalue weighted by atomic mass is 32.2. The molecule has 0 spiro atoms. The lowest BCUT2D eigenvalue weighted by molar-refractivity contribution is 0.0175. The molecule has 3 heteroatoms. The molecule has 1 N–H and O–H groups in total. The van der Waals surface area contributed by atoms with Crippen LogP contribution >= 0.6 is 11.8 Å². The Morgan fingerprint density at radius 3 is 2.47 bits per heavy atom. The third-order valence-electron chi connectivity index (χ3n) is 4.51. The highest BCUT2D eigenvalue weighted by molar-refractivity contribution is 7.98. The second kappa shape index (κ2) is 6.44. The largest absolute Gasteiger partial charge is 0.317 e. The Balaban J connectivity index is 1.93. The standard InChI is InChI=1S/C14H28N2S/c1-11(10-17-3)9-16-13-5-4-6-14(16)8-12(7-13)15-2/h11-15H,4-10H2,1-3H3. The van der Waals surface area contributed by atoms with Crippen LogP contribution in [0.3, 0.4) is 0 Å². The number of nitrogens with zero attached hydrogens (tertiary/aromatic N) is 1. The summed E-state index contributed by atoms with van der Waals surface area (Å²) in [6, 6.07) is 2.51. The van der Waals surface area contributed by atoms with Crippen LogP contribution in [0.1, 0.15) is 39.0 Å². The molecule has 2 rings (SSSR count). The van der Waals surface area contributed by atoms with E-state index >= 15 is 0 Å². The first kappa shape index (κ1) is 13.7. The smallest absolute Gasteiger partial charge is 0.0113 e. The van der Waals surface area contributed by atoms with E-state index in [1.807, 2.05) is 11.8 Å². The van der Waals surface area contributed by atoms with Crippen molar-refractivity contribution in [3.8, 4) is 0 Å². The van der Waals surface area contributed by atoms with Crippen molar-refractivity contribution in [3.63, 3.8) is 0 Å². The third-order valence-corrected chi connectivity index (χ3v) is 5.41. The van der Waals surface area contributed by atoms with Gasteiger partial charge in [-0.05, 0) is 50.7 Å². The van der Waals surface area contributed by atoms with E-state index in [1.165, 1.54) is 44.4 Å².